The van der Waals surface area contributed by atoms with Crippen LogP contribution in [-0.4, -0.2) is 34.0 Å². The molecule has 2 heterocycles. The van der Waals surface area contributed by atoms with Crippen molar-refractivity contribution >= 4 is 46.3 Å². The van der Waals surface area contributed by atoms with E-state index in [-0.39, 0.29) is 18.0 Å². The quantitative estimate of drug-likeness (QED) is 0.847. The van der Waals surface area contributed by atoms with Gasteiger partial charge in [-0.25, -0.2) is 0 Å². The summed E-state index contributed by atoms with van der Waals surface area (Å²) in [5.41, 5.74) is 0. The van der Waals surface area contributed by atoms with Crippen LogP contribution in [0.2, 0.25) is 0 Å². The predicted octanol–water partition coefficient (Wildman–Crippen LogP) is 2.96. The minimum Gasteiger partial charge on any atom is -0.350 e. The maximum atomic E-state index is 12.4. The van der Waals surface area contributed by atoms with Gasteiger partial charge in [0.1, 0.15) is 6.04 Å². The number of thiocarbonyl (C=S) groups is 1. The zero-order valence-electron chi connectivity index (χ0n) is 11.3. The molecule has 2 atom stereocenters. The lowest BCUT2D eigenvalue weighted by Gasteiger charge is -2.22. The van der Waals surface area contributed by atoms with Crippen molar-refractivity contribution < 1.29 is 4.79 Å². The van der Waals surface area contributed by atoms with E-state index in [0.29, 0.717) is 5.11 Å². The third-order valence-electron chi connectivity index (χ3n) is 3.22. The van der Waals surface area contributed by atoms with E-state index in [4.69, 9.17) is 12.2 Å². The van der Waals surface area contributed by atoms with Gasteiger partial charge >= 0.3 is 0 Å². The molecule has 19 heavy (non-hydrogen) atoms. The Morgan fingerprint density at radius 1 is 1.58 bits per heavy atom. The molecule has 0 saturated carbocycles. The Morgan fingerprint density at radius 3 is 2.89 bits per heavy atom. The van der Waals surface area contributed by atoms with Crippen LogP contribution in [0.25, 0.3) is 0 Å². The van der Waals surface area contributed by atoms with Crippen LogP contribution in [0.15, 0.2) is 12.1 Å². The van der Waals surface area contributed by atoms with Gasteiger partial charge in [-0.2, -0.15) is 11.8 Å². The number of nitrogens with zero attached hydrogens (tertiary/aromatic N) is 1. The average Bonchev–Trinajstić information content (AvgIpc) is 2.91. The summed E-state index contributed by atoms with van der Waals surface area (Å²) in [6.07, 6.45) is 2.87. The monoisotopic (exact) mass is 314 g/mol. The number of thiophene rings is 1. The second-order valence-electron chi connectivity index (χ2n) is 4.62. The number of hydrogen-bond donors (Lipinski definition) is 1. The Kier molecular flexibility index (Phi) is 4.86. The molecule has 1 aromatic heterocycles. The molecule has 0 radical (unpaired) electrons. The van der Waals surface area contributed by atoms with E-state index in [9.17, 15) is 4.79 Å². The molecule has 0 aromatic carbocycles. The molecule has 0 bridgehead atoms. The molecular weight excluding hydrogens is 296 g/mol. The first-order valence-electron chi connectivity index (χ1n) is 6.23. The lowest BCUT2D eigenvalue weighted by atomic mass is 10.2. The minimum absolute atomic E-state index is 0.0190. The summed E-state index contributed by atoms with van der Waals surface area (Å²) in [7, 11) is 0. The van der Waals surface area contributed by atoms with E-state index in [1.54, 1.807) is 28.0 Å². The van der Waals surface area contributed by atoms with Crippen LogP contribution in [0.3, 0.4) is 0 Å². The van der Waals surface area contributed by atoms with Gasteiger partial charge < -0.3 is 5.32 Å². The molecule has 0 spiro atoms. The molecule has 1 N–H and O–H groups in total. The highest BCUT2D eigenvalue weighted by atomic mass is 32.2. The normalized spacial score (nSPS) is 20.8. The molecule has 1 fully saturated rings. The number of thioether (sulfide) groups is 1. The van der Waals surface area contributed by atoms with Gasteiger partial charge in [-0.1, -0.05) is 0 Å². The number of nitrogens with one attached hydrogen (secondary N) is 1. The molecule has 104 valence electrons. The van der Waals surface area contributed by atoms with Gasteiger partial charge in [0.25, 0.3) is 5.91 Å². The molecule has 1 amide bonds. The predicted molar refractivity (Wildman–Crippen MR) is 86.8 cm³/mol. The van der Waals surface area contributed by atoms with Gasteiger partial charge in [-0.3, -0.25) is 9.69 Å². The first-order chi connectivity index (χ1) is 9.04. The van der Waals surface area contributed by atoms with Gasteiger partial charge in [0, 0.05) is 9.75 Å². The van der Waals surface area contributed by atoms with E-state index in [1.165, 1.54) is 9.75 Å². The summed E-state index contributed by atoms with van der Waals surface area (Å²) < 4.78 is 0. The Hall–Kier alpha value is -0.590. The van der Waals surface area contributed by atoms with E-state index >= 15 is 0 Å². The number of carbonyl (C=O) groups is 1. The molecule has 2 rings (SSSR count). The number of carbonyl (C=O) groups excluding carboxylic acids is 1. The summed E-state index contributed by atoms with van der Waals surface area (Å²) in [4.78, 5) is 16.6. The van der Waals surface area contributed by atoms with E-state index in [1.807, 2.05) is 13.2 Å². The van der Waals surface area contributed by atoms with Crippen molar-refractivity contribution in [1.29, 1.82) is 0 Å². The number of amides is 1. The second kappa shape index (κ2) is 6.24. The lowest BCUT2D eigenvalue weighted by Crippen LogP contribution is -2.33. The number of aryl methyl sites for hydroxylation is 1. The zero-order valence-corrected chi connectivity index (χ0v) is 13.8. The maximum absolute atomic E-state index is 12.4. The van der Waals surface area contributed by atoms with Crippen molar-refractivity contribution in [2.45, 2.75) is 32.4 Å². The number of hydrogen-bond acceptors (Lipinski definition) is 4. The highest BCUT2D eigenvalue weighted by molar-refractivity contribution is 7.98. The van der Waals surface area contributed by atoms with Gasteiger partial charge in [0.2, 0.25) is 0 Å². The summed E-state index contributed by atoms with van der Waals surface area (Å²) in [5.74, 6) is 1.07. The van der Waals surface area contributed by atoms with Crippen molar-refractivity contribution in [3.05, 3.63) is 21.9 Å². The minimum atomic E-state index is -0.150. The Morgan fingerprint density at radius 2 is 2.32 bits per heavy atom. The molecule has 1 aliphatic rings. The van der Waals surface area contributed by atoms with Crippen LogP contribution in [0.4, 0.5) is 0 Å². The summed E-state index contributed by atoms with van der Waals surface area (Å²) in [5, 5.41) is 3.71. The molecule has 3 nitrogen and oxygen atoms in total. The Balaban J connectivity index is 2.11. The van der Waals surface area contributed by atoms with Crippen LogP contribution in [0, 0.1) is 6.92 Å². The largest absolute Gasteiger partial charge is 0.350 e. The fraction of sp³-hybridized carbons (Fsp3) is 0.538. The van der Waals surface area contributed by atoms with Crippen LogP contribution in [0.5, 0.6) is 0 Å². The molecule has 1 saturated heterocycles. The van der Waals surface area contributed by atoms with E-state index in [2.05, 4.69) is 24.4 Å². The number of rotatable bonds is 5. The van der Waals surface area contributed by atoms with E-state index < -0.39 is 0 Å². The Labute approximate surface area is 127 Å². The molecule has 0 aliphatic carbocycles. The van der Waals surface area contributed by atoms with Crippen LogP contribution < -0.4 is 5.32 Å². The van der Waals surface area contributed by atoms with Crippen molar-refractivity contribution in [3.8, 4) is 0 Å². The summed E-state index contributed by atoms with van der Waals surface area (Å²) in [6, 6.07) is 4.03. The van der Waals surface area contributed by atoms with Crippen molar-refractivity contribution in [2.24, 2.45) is 0 Å². The molecule has 2 unspecified atom stereocenters. The molecule has 1 aliphatic heterocycles. The van der Waals surface area contributed by atoms with Crippen LogP contribution >= 0.6 is 35.3 Å². The summed E-state index contributed by atoms with van der Waals surface area (Å²) >= 11 is 8.79. The first-order valence-corrected chi connectivity index (χ1v) is 8.85. The van der Waals surface area contributed by atoms with Gasteiger partial charge in [-0.05, 0) is 56.6 Å². The standard InChI is InChI=1S/C13H18N2OS3/c1-8-4-5-11(19-8)9(2)15-12(16)10(6-7-18-3)14-13(15)17/h4-5,9-10H,6-7H2,1-3H3,(H,14,17). The lowest BCUT2D eigenvalue weighted by molar-refractivity contribution is -0.128. The van der Waals surface area contributed by atoms with Gasteiger partial charge in [0.15, 0.2) is 5.11 Å². The SMILES string of the molecule is CSCCC1NC(=S)N(C(C)c2ccc(C)s2)C1=O. The smallest absolute Gasteiger partial charge is 0.251 e. The van der Waals surface area contributed by atoms with Crippen LogP contribution in [0.1, 0.15) is 29.1 Å². The fourth-order valence-electron chi connectivity index (χ4n) is 2.15. The van der Waals surface area contributed by atoms with Crippen molar-refractivity contribution in [1.82, 2.24) is 10.2 Å². The molecule has 6 heteroatoms. The van der Waals surface area contributed by atoms with Gasteiger partial charge in [-0.15, -0.1) is 11.3 Å². The average molecular weight is 315 g/mol. The van der Waals surface area contributed by atoms with E-state index in [0.717, 1.165) is 12.2 Å². The van der Waals surface area contributed by atoms with Gasteiger partial charge in [0.05, 0.1) is 6.04 Å². The molecule has 1 aromatic rings. The van der Waals surface area contributed by atoms with Crippen molar-refractivity contribution in [2.75, 3.05) is 12.0 Å². The second-order valence-corrected chi connectivity index (χ2v) is 7.31. The maximum Gasteiger partial charge on any atom is 0.251 e. The third kappa shape index (κ3) is 3.12. The topological polar surface area (TPSA) is 32.3 Å². The van der Waals surface area contributed by atoms with Crippen LogP contribution in [-0.2, 0) is 4.79 Å². The highest BCUT2D eigenvalue weighted by Gasteiger charge is 2.38. The molecular formula is C13H18N2OS3. The highest BCUT2D eigenvalue weighted by Crippen LogP contribution is 2.30. The summed E-state index contributed by atoms with van der Waals surface area (Å²) in [6.45, 7) is 4.11. The Bertz CT molecular complexity index is 486. The van der Waals surface area contributed by atoms with Crippen molar-refractivity contribution in [3.63, 3.8) is 0 Å². The fourth-order valence-corrected chi connectivity index (χ4v) is 3.93. The third-order valence-corrected chi connectivity index (χ3v) is 5.35. The zero-order chi connectivity index (χ0) is 14.0. The first kappa shape index (κ1) is 14.8.